The number of benzene rings is 1. The number of hydrogen-bond acceptors (Lipinski definition) is 4. The predicted molar refractivity (Wildman–Crippen MR) is 105 cm³/mol. The average molecular weight is 441 g/mol. The van der Waals surface area contributed by atoms with E-state index in [-0.39, 0.29) is 36.8 Å². The molecule has 0 saturated carbocycles. The highest BCUT2D eigenvalue weighted by Crippen LogP contribution is 2.26. The Morgan fingerprint density at radius 2 is 2.13 bits per heavy atom. The van der Waals surface area contributed by atoms with Crippen molar-refractivity contribution in [3.63, 3.8) is 0 Å². The van der Waals surface area contributed by atoms with Crippen LogP contribution in [0.25, 0.3) is 10.6 Å². The third-order valence-corrected chi connectivity index (χ3v) is 4.50. The fourth-order valence-electron chi connectivity index (χ4n) is 1.74. The molecule has 2 N–H and O–H groups in total. The molecule has 0 fully saturated rings. The van der Waals surface area contributed by atoms with Crippen molar-refractivity contribution in [3.8, 4) is 10.6 Å². The van der Waals surface area contributed by atoms with Crippen LogP contribution in [0.4, 0.5) is 0 Å². The highest BCUT2D eigenvalue weighted by atomic mass is 79.9. The van der Waals surface area contributed by atoms with Crippen LogP contribution in [0, 0.1) is 0 Å². The van der Waals surface area contributed by atoms with Crippen molar-refractivity contribution < 1.29 is 4.79 Å². The number of rotatable bonds is 6. The summed E-state index contributed by atoms with van der Waals surface area (Å²) in [6.07, 6.45) is 0.320. The molecule has 2 aromatic rings. The molecular formula is C15H20BrCl2N3OS. The SMILES string of the molecule is CNC(C)CNC(=O)Cc1csc(-c2cccc(Br)c2)n1.Cl.Cl. The Labute approximate surface area is 161 Å². The van der Waals surface area contributed by atoms with Crippen LogP contribution in [0.3, 0.4) is 0 Å². The van der Waals surface area contributed by atoms with Crippen LogP contribution < -0.4 is 10.6 Å². The molecule has 1 heterocycles. The van der Waals surface area contributed by atoms with Gasteiger partial charge in [0.1, 0.15) is 5.01 Å². The van der Waals surface area contributed by atoms with Crippen LogP contribution in [0.2, 0.25) is 0 Å². The second-order valence-corrected chi connectivity index (χ2v) is 6.60. The van der Waals surface area contributed by atoms with E-state index >= 15 is 0 Å². The maximum Gasteiger partial charge on any atom is 0.226 e. The Kier molecular flexibility index (Phi) is 10.7. The van der Waals surface area contributed by atoms with E-state index in [9.17, 15) is 4.79 Å². The highest BCUT2D eigenvalue weighted by Gasteiger charge is 2.10. The third-order valence-electron chi connectivity index (χ3n) is 3.06. The van der Waals surface area contributed by atoms with Gasteiger partial charge in [0, 0.05) is 28.0 Å². The second-order valence-electron chi connectivity index (χ2n) is 4.82. The van der Waals surface area contributed by atoms with Gasteiger partial charge in [-0.05, 0) is 26.1 Å². The average Bonchev–Trinajstić information content (AvgIpc) is 2.93. The van der Waals surface area contributed by atoms with Crippen LogP contribution in [-0.2, 0) is 11.2 Å². The topological polar surface area (TPSA) is 54.0 Å². The second kappa shape index (κ2) is 11.0. The molecule has 1 aromatic carbocycles. The van der Waals surface area contributed by atoms with E-state index in [1.165, 1.54) is 0 Å². The lowest BCUT2D eigenvalue weighted by Crippen LogP contribution is -2.37. The third kappa shape index (κ3) is 7.18. The van der Waals surface area contributed by atoms with Crippen molar-refractivity contribution in [2.75, 3.05) is 13.6 Å². The van der Waals surface area contributed by atoms with Gasteiger partial charge in [0.2, 0.25) is 5.91 Å². The molecule has 0 aliphatic heterocycles. The molecule has 128 valence electrons. The first-order valence-electron chi connectivity index (χ1n) is 6.73. The summed E-state index contributed by atoms with van der Waals surface area (Å²) in [7, 11) is 1.88. The first-order valence-corrected chi connectivity index (χ1v) is 8.40. The summed E-state index contributed by atoms with van der Waals surface area (Å²) in [6.45, 7) is 2.65. The molecule has 0 spiro atoms. The highest BCUT2D eigenvalue weighted by molar-refractivity contribution is 9.10. The van der Waals surface area contributed by atoms with Gasteiger partial charge in [-0.1, -0.05) is 28.1 Å². The quantitative estimate of drug-likeness (QED) is 0.720. The minimum absolute atomic E-state index is 0. The molecule has 1 unspecified atom stereocenters. The monoisotopic (exact) mass is 439 g/mol. The molecule has 2 rings (SSSR count). The van der Waals surface area contributed by atoms with Crippen molar-refractivity contribution in [1.82, 2.24) is 15.6 Å². The fraction of sp³-hybridized carbons (Fsp3) is 0.333. The van der Waals surface area contributed by atoms with Crippen LogP contribution in [0.15, 0.2) is 34.1 Å². The zero-order valence-electron chi connectivity index (χ0n) is 12.8. The molecule has 23 heavy (non-hydrogen) atoms. The summed E-state index contributed by atoms with van der Waals surface area (Å²) in [5, 5.41) is 8.85. The van der Waals surface area contributed by atoms with E-state index in [0.717, 1.165) is 20.7 Å². The maximum atomic E-state index is 11.9. The summed E-state index contributed by atoms with van der Waals surface area (Å²) in [5.41, 5.74) is 1.87. The van der Waals surface area contributed by atoms with E-state index in [0.29, 0.717) is 13.0 Å². The van der Waals surface area contributed by atoms with Gasteiger partial charge < -0.3 is 10.6 Å². The Morgan fingerprint density at radius 1 is 1.39 bits per heavy atom. The fourth-order valence-corrected chi connectivity index (χ4v) is 2.95. The molecule has 0 radical (unpaired) electrons. The normalized spacial score (nSPS) is 11.1. The van der Waals surface area contributed by atoms with Crippen molar-refractivity contribution in [2.24, 2.45) is 0 Å². The van der Waals surface area contributed by atoms with Gasteiger partial charge in [-0.2, -0.15) is 0 Å². The lowest BCUT2D eigenvalue weighted by atomic mass is 10.2. The van der Waals surface area contributed by atoms with Gasteiger partial charge >= 0.3 is 0 Å². The molecule has 8 heteroatoms. The van der Waals surface area contributed by atoms with Crippen LogP contribution in [0.5, 0.6) is 0 Å². The van der Waals surface area contributed by atoms with Gasteiger partial charge in [-0.25, -0.2) is 4.98 Å². The molecule has 0 aliphatic carbocycles. The minimum Gasteiger partial charge on any atom is -0.354 e. The van der Waals surface area contributed by atoms with Gasteiger partial charge in [-0.3, -0.25) is 4.79 Å². The van der Waals surface area contributed by atoms with Crippen LogP contribution in [0.1, 0.15) is 12.6 Å². The van der Waals surface area contributed by atoms with Gasteiger partial charge in [-0.15, -0.1) is 36.2 Å². The molecule has 0 aliphatic rings. The zero-order valence-corrected chi connectivity index (χ0v) is 16.9. The van der Waals surface area contributed by atoms with Crippen molar-refractivity contribution in [3.05, 3.63) is 39.8 Å². The molecular weight excluding hydrogens is 421 g/mol. The van der Waals surface area contributed by atoms with E-state index in [2.05, 4.69) is 31.5 Å². The number of carbonyl (C=O) groups excluding carboxylic acids is 1. The Balaban J connectivity index is 0.00000242. The first kappa shape index (κ1) is 22.3. The van der Waals surface area contributed by atoms with E-state index in [4.69, 9.17) is 0 Å². The number of hydrogen-bond donors (Lipinski definition) is 2. The number of carbonyl (C=O) groups is 1. The number of aromatic nitrogens is 1. The number of halogens is 3. The lowest BCUT2D eigenvalue weighted by Gasteiger charge is -2.10. The first-order chi connectivity index (χ1) is 10.1. The smallest absolute Gasteiger partial charge is 0.226 e. The Hall–Kier alpha value is -0.660. The predicted octanol–water partition coefficient (Wildman–Crippen LogP) is 3.68. The summed E-state index contributed by atoms with van der Waals surface area (Å²) in [6, 6.07) is 8.27. The molecule has 1 aromatic heterocycles. The largest absolute Gasteiger partial charge is 0.354 e. The van der Waals surface area contributed by atoms with Gasteiger partial charge in [0.05, 0.1) is 12.1 Å². The summed E-state index contributed by atoms with van der Waals surface area (Å²) in [4.78, 5) is 16.4. The Morgan fingerprint density at radius 3 is 2.78 bits per heavy atom. The van der Waals surface area contributed by atoms with E-state index in [1.54, 1.807) is 11.3 Å². The molecule has 0 bridgehead atoms. The number of nitrogens with zero attached hydrogens (tertiary/aromatic N) is 1. The standard InChI is InChI=1S/C15H18BrN3OS.2ClH/c1-10(17-2)8-18-14(20)7-13-9-21-15(19-13)11-4-3-5-12(16)6-11;;/h3-6,9-10,17H,7-8H2,1-2H3,(H,18,20);2*1H. The molecule has 1 atom stereocenters. The number of thiazole rings is 1. The van der Waals surface area contributed by atoms with Gasteiger partial charge in [0.15, 0.2) is 0 Å². The van der Waals surface area contributed by atoms with Crippen LogP contribution in [-0.4, -0.2) is 30.5 Å². The van der Waals surface area contributed by atoms with Crippen molar-refractivity contribution in [1.29, 1.82) is 0 Å². The molecule has 4 nitrogen and oxygen atoms in total. The molecule has 1 amide bonds. The van der Waals surface area contributed by atoms with Crippen molar-refractivity contribution >= 4 is 58.0 Å². The number of nitrogens with one attached hydrogen (secondary N) is 2. The van der Waals surface area contributed by atoms with Crippen molar-refractivity contribution in [2.45, 2.75) is 19.4 Å². The van der Waals surface area contributed by atoms with E-state index < -0.39 is 0 Å². The summed E-state index contributed by atoms with van der Waals surface area (Å²) >= 11 is 5.01. The minimum atomic E-state index is 0. The summed E-state index contributed by atoms with van der Waals surface area (Å²) in [5.74, 6) is 0.00296. The maximum absolute atomic E-state index is 11.9. The zero-order chi connectivity index (χ0) is 15.2. The lowest BCUT2D eigenvalue weighted by molar-refractivity contribution is -0.120. The Bertz CT molecular complexity index is 624. The van der Waals surface area contributed by atoms with E-state index in [1.807, 2.05) is 43.6 Å². The number of amides is 1. The summed E-state index contributed by atoms with van der Waals surface area (Å²) < 4.78 is 1.02. The number of likely N-dealkylation sites (N-methyl/N-ethyl adjacent to an activating group) is 1. The van der Waals surface area contributed by atoms with Gasteiger partial charge in [0.25, 0.3) is 0 Å². The van der Waals surface area contributed by atoms with Crippen LogP contribution >= 0.6 is 52.1 Å². The molecule has 0 saturated heterocycles.